The Morgan fingerprint density at radius 1 is 1.13 bits per heavy atom. The minimum atomic E-state index is 0.103. The molecule has 1 aromatic rings. The van der Waals surface area contributed by atoms with Crippen molar-refractivity contribution in [1.29, 1.82) is 0 Å². The van der Waals surface area contributed by atoms with Crippen molar-refractivity contribution < 1.29 is 4.74 Å². The second-order valence-electron chi connectivity index (χ2n) is 4.02. The molecular formula is C13H17NO. The SMILES string of the molecule is CC1=C(C)N(c2ccccc2C)C(C)O1. The number of anilines is 1. The van der Waals surface area contributed by atoms with E-state index in [4.69, 9.17) is 4.74 Å². The lowest BCUT2D eigenvalue weighted by Gasteiger charge is -2.25. The van der Waals surface area contributed by atoms with Gasteiger partial charge in [-0.05, 0) is 39.3 Å². The summed E-state index contributed by atoms with van der Waals surface area (Å²) in [6.07, 6.45) is 0.103. The van der Waals surface area contributed by atoms with Crippen LogP contribution in [0.5, 0.6) is 0 Å². The normalized spacial score (nSPS) is 20.8. The van der Waals surface area contributed by atoms with Crippen molar-refractivity contribution in [1.82, 2.24) is 0 Å². The Labute approximate surface area is 91.2 Å². The molecule has 2 nitrogen and oxygen atoms in total. The lowest BCUT2D eigenvalue weighted by atomic mass is 10.1. The summed E-state index contributed by atoms with van der Waals surface area (Å²) < 4.78 is 5.70. The number of rotatable bonds is 1. The molecule has 1 aliphatic heterocycles. The van der Waals surface area contributed by atoms with E-state index < -0.39 is 0 Å². The zero-order valence-corrected chi connectivity index (χ0v) is 9.74. The molecular weight excluding hydrogens is 186 g/mol. The van der Waals surface area contributed by atoms with Crippen LogP contribution in [0.3, 0.4) is 0 Å². The summed E-state index contributed by atoms with van der Waals surface area (Å²) >= 11 is 0. The summed E-state index contributed by atoms with van der Waals surface area (Å²) in [4.78, 5) is 2.24. The highest BCUT2D eigenvalue weighted by atomic mass is 16.5. The summed E-state index contributed by atoms with van der Waals surface area (Å²) in [6.45, 7) is 8.32. The summed E-state index contributed by atoms with van der Waals surface area (Å²) in [6, 6.07) is 8.39. The Bertz CT molecular complexity index is 409. The van der Waals surface area contributed by atoms with Gasteiger partial charge in [-0.2, -0.15) is 0 Å². The molecule has 1 aromatic carbocycles. The van der Waals surface area contributed by atoms with Crippen LogP contribution in [0.25, 0.3) is 0 Å². The predicted octanol–water partition coefficient (Wildman–Crippen LogP) is 3.43. The molecule has 0 aromatic heterocycles. The Hall–Kier alpha value is -1.44. The van der Waals surface area contributed by atoms with E-state index in [0.29, 0.717) is 0 Å². The first-order valence-electron chi connectivity index (χ1n) is 5.30. The molecule has 1 atom stereocenters. The van der Waals surface area contributed by atoms with Gasteiger partial charge in [0.05, 0.1) is 5.70 Å². The predicted molar refractivity (Wildman–Crippen MR) is 62.6 cm³/mol. The summed E-state index contributed by atoms with van der Waals surface area (Å²) in [7, 11) is 0. The van der Waals surface area contributed by atoms with Gasteiger partial charge in [-0.25, -0.2) is 0 Å². The van der Waals surface area contributed by atoms with Gasteiger partial charge in [0, 0.05) is 5.69 Å². The molecule has 1 heterocycles. The van der Waals surface area contributed by atoms with Crippen LogP contribution in [-0.2, 0) is 4.74 Å². The van der Waals surface area contributed by atoms with Gasteiger partial charge >= 0.3 is 0 Å². The highest BCUT2D eigenvalue weighted by Crippen LogP contribution is 2.32. The van der Waals surface area contributed by atoms with Crippen molar-refractivity contribution in [3.63, 3.8) is 0 Å². The number of hydrogen-bond donors (Lipinski definition) is 0. The van der Waals surface area contributed by atoms with Crippen LogP contribution in [0.15, 0.2) is 35.7 Å². The number of aryl methyl sites for hydroxylation is 1. The van der Waals surface area contributed by atoms with Crippen LogP contribution in [0.1, 0.15) is 26.3 Å². The molecule has 0 fully saturated rings. The zero-order chi connectivity index (χ0) is 11.0. The van der Waals surface area contributed by atoms with Crippen LogP contribution in [-0.4, -0.2) is 6.23 Å². The number of ether oxygens (including phenoxy) is 1. The Kier molecular flexibility index (Phi) is 2.43. The molecule has 0 amide bonds. The van der Waals surface area contributed by atoms with Crippen LogP contribution in [0, 0.1) is 6.92 Å². The average molecular weight is 203 g/mol. The second kappa shape index (κ2) is 3.61. The van der Waals surface area contributed by atoms with Gasteiger partial charge in [0.15, 0.2) is 6.23 Å². The lowest BCUT2D eigenvalue weighted by Crippen LogP contribution is -2.27. The number of para-hydroxylation sites is 1. The standard InChI is InChI=1S/C13H17NO/c1-9-7-5-6-8-13(9)14-10(2)11(3)15-12(14)4/h5-8,12H,1-4H3. The van der Waals surface area contributed by atoms with Crippen molar-refractivity contribution in [3.05, 3.63) is 41.3 Å². The Morgan fingerprint density at radius 2 is 1.80 bits per heavy atom. The van der Waals surface area contributed by atoms with Crippen LogP contribution in [0.4, 0.5) is 5.69 Å². The summed E-state index contributed by atoms with van der Waals surface area (Å²) in [5.74, 6) is 1.02. The van der Waals surface area contributed by atoms with E-state index in [-0.39, 0.29) is 6.23 Å². The molecule has 80 valence electrons. The third-order valence-corrected chi connectivity index (χ3v) is 2.96. The zero-order valence-electron chi connectivity index (χ0n) is 9.74. The smallest absolute Gasteiger partial charge is 0.173 e. The topological polar surface area (TPSA) is 12.5 Å². The van der Waals surface area contributed by atoms with Crippen molar-refractivity contribution in [2.45, 2.75) is 33.9 Å². The van der Waals surface area contributed by atoms with E-state index in [0.717, 1.165) is 5.76 Å². The van der Waals surface area contributed by atoms with Crippen LogP contribution < -0.4 is 4.90 Å². The van der Waals surface area contributed by atoms with Crippen molar-refractivity contribution >= 4 is 5.69 Å². The molecule has 2 heteroatoms. The molecule has 0 radical (unpaired) electrons. The van der Waals surface area contributed by atoms with Crippen LogP contribution in [0.2, 0.25) is 0 Å². The fourth-order valence-electron chi connectivity index (χ4n) is 2.05. The minimum absolute atomic E-state index is 0.103. The molecule has 1 aliphatic rings. The van der Waals surface area contributed by atoms with E-state index in [1.54, 1.807) is 0 Å². The largest absolute Gasteiger partial charge is 0.473 e. The quantitative estimate of drug-likeness (QED) is 0.693. The molecule has 1 unspecified atom stereocenters. The van der Waals surface area contributed by atoms with E-state index in [1.807, 2.05) is 6.92 Å². The van der Waals surface area contributed by atoms with Crippen molar-refractivity contribution in [2.24, 2.45) is 0 Å². The number of hydrogen-bond acceptors (Lipinski definition) is 2. The summed E-state index contributed by atoms with van der Waals surface area (Å²) in [5.41, 5.74) is 3.72. The molecule has 0 saturated carbocycles. The van der Waals surface area contributed by atoms with E-state index >= 15 is 0 Å². The van der Waals surface area contributed by atoms with E-state index in [1.165, 1.54) is 16.9 Å². The fourth-order valence-corrected chi connectivity index (χ4v) is 2.05. The molecule has 0 saturated heterocycles. The van der Waals surface area contributed by atoms with Gasteiger partial charge in [0.25, 0.3) is 0 Å². The first kappa shape index (κ1) is 10.1. The highest BCUT2D eigenvalue weighted by Gasteiger charge is 2.26. The van der Waals surface area contributed by atoms with Gasteiger partial charge < -0.3 is 9.64 Å². The van der Waals surface area contributed by atoms with Crippen molar-refractivity contribution in [3.8, 4) is 0 Å². The third kappa shape index (κ3) is 1.60. The monoisotopic (exact) mass is 203 g/mol. The number of allylic oxidation sites excluding steroid dienone is 2. The first-order valence-corrected chi connectivity index (χ1v) is 5.30. The second-order valence-corrected chi connectivity index (χ2v) is 4.02. The third-order valence-electron chi connectivity index (χ3n) is 2.96. The fraction of sp³-hybridized carbons (Fsp3) is 0.385. The van der Waals surface area contributed by atoms with Gasteiger partial charge in [-0.1, -0.05) is 18.2 Å². The molecule has 2 rings (SSSR count). The van der Waals surface area contributed by atoms with Gasteiger partial charge in [-0.15, -0.1) is 0 Å². The van der Waals surface area contributed by atoms with Crippen molar-refractivity contribution in [2.75, 3.05) is 4.90 Å². The molecule has 0 N–H and O–H groups in total. The Morgan fingerprint density at radius 3 is 2.33 bits per heavy atom. The maximum Gasteiger partial charge on any atom is 0.173 e. The van der Waals surface area contributed by atoms with Gasteiger partial charge in [-0.3, -0.25) is 0 Å². The molecule has 0 aliphatic carbocycles. The Balaban J connectivity index is 2.44. The molecule has 15 heavy (non-hydrogen) atoms. The first-order chi connectivity index (χ1) is 7.11. The highest BCUT2D eigenvalue weighted by molar-refractivity contribution is 5.59. The van der Waals surface area contributed by atoms with Gasteiger partial charge in [0.1, 0.15) is 5.76 Å². The van der Waals surface area contributed by atoms with Crippen LogP contribution >= 0.6 is 0 Å². The summed E-state index contributed by atoms with van der Waals surface area (Å²) in [5, 5.41) is 0. The van der Waals surface area contributed by atoms with Gasteiger partial charge in [0.2, 0.25) is 0 Å². The minimum Gasteiger partial charge on any atom is -0.473 e. The van der Waals surface area contributed by atoms with E-state index in [9.17, 15) is 0 Å². The maximum absolute atomic E-state index is 5.70. The maximum atomic E-state index is 5.70. The van der Waals surface area contributed by atoms with E-state index in [2.05, 4.69) is 49.9 Å². The average Bonchev–Trinajstić information content (AvgIpc) is 2.43. The number of benzene rings is 1. The molecule has 0 bridgehead atoms. The molecule has 0 spiro atoms. The lowest BCUT2D eigenvalue weighted by molar-refractivity contribution is 0.162. The number of nitrogens with zero attached hydrogens (tertiary/aromatic N) is 1.